The first-order valence-corrected chi connectivity index (χ1v) is 5.58. The number of rotatable bonds is 2. The molecule has 0 amide bonds. The van der Waals surface area contributed by atoms with Crippen molar-refractivity contribution >= 4 is 5.69 Å². The van der Waals surface area contributed by atoms with Crippen molar-refractivity contribution in [3.63, 3.8) is 0 Å². The highest BCUT2D eigenvalue weighted by molar-refractivity contribution is 5.47. The third-order valence-electron chi connectivity index (χ3n) is 2.96. The van der Waals surface area contributed by atoms with E-state index in [1.807, 2.05) is 0 Å². The molecule has 4 heteroatoms. The third kappa shape index (κ3) is 2.49. The first kappa shape index (κ1) is 11.3. The van der Waals surface area contributed by atoms with Crippen LogP contribution >= 0.6 is 0 Å². The summed E-state index contributed by atoms with van der Waals surface area (Å²) in [5.74, 6) is -2.60. The fourth-order valence-corrected chi connectivity index (χ4v) is 2.13. The topological polar surface area (TPSA) is 12.0 Å². The van der Waals surface area contributed by atoms with Crippen LogP contribution < -0.4 is 5.32 Å². The van der Waals surface area contributed by atoms with Crippen LogP contribution in [0.1, 0.15) is 32.1 Å². The van der Waals surface area contributed by atoms with E-state index in [0.717, 1.165) is 25.7 Å². The van der Waals surface area contributed by atoms with Crippen molar-refractivity contribution in [2.45, 2.75) is 38.1 Å². The van der Waals surface area contributed by atoms with Gasteiger partial charge in [-0.3, -0.25) is 0 Å². The Hall–Kier alpha value is -1.19. The Balaban J connectivity index is 2.14. The summed E-state index contributed by atoms with van der Waals surface area (Å²) in [5.41, 5.74) is -0.201. The van der Waals surface area contributed by atoms with Crippen molar-refractivity contribution in [1.29, 1.82) is 0 Å². The highest BCUT2D eigenvalue weighted by Gasteiger charge is 2.18. The van der Waals surface area contributed by atoms with Crippen LogP contribution in [0, 0.1) is 17.5 Å². The van der Waals surface area contributed by atoms with E-state index in [2.05, 4.69) is 5.32 Å². The Kier molecular flexibility index (Phi) is 3.36. The van der Waals surface area contributed by atoms with Crippen LogP contribution in [0.2, 0.25) is 0 Å². The summed E-state index contributed by atoms with van der Waals surface area (Å²) in [6.45, 7) is 0. The molecule has 0 aromatic heterocycles. The summed E-state index contributed by atoms with van der Waals surface area (Å²) >= 11 is 0. The van der Waals surface area contributed by atoms with E-state index < -0.39 is 17.5 Å². The zero-order valence-electron chi connectivity index (χ0n) is 8.90. The number of benzene rings is 1. The van der Waals surface area contributed by atoms with Crippen LogP contribution in [0.15, 0.2) is 12.1 Å². The van der Waals surface area contributed by atoms with Gasteiger partial charge in [-0.05, 0) is 12.8 Å². The van der Waals surface area contributed by atoms with Crippen LogP contribution in [-0.4, -0.2) is 6.04 Å². The Morgan fingerprint density at radius 3 is 2.06 bits per heavy atom. The van der Waals surface area contributed by atoms with Crippen molar-refractivity contribution < 1.29 is 13.2 Å². The van der Waals surface area contributed by atoms with E-state index in [1.165, 1.54) is 6.42 Å². The monoisotopic (exact) mass is 229 g/mol. The van der Waals surface area contributed by atoms with Crippen LogP contribution in [0.4, 0.5) is 18.9 Å². The van der Waals surface area contributed by atoms with Gasteiger partial charge in [0.15, 0.2) is 11.6 Å². The average Bonchev–Trinajstić information content (AvgIpc) is 2.25. The van der Waals surface area contributed by atoms with E-state index in [9.17, 15) is 13.2 Å². The molecule has 0 unspecified atom stereocenters. The van der Waals surface area contributed by atoms with Gasteiger partial charge >= 0.3 is 0 Å². The first-order chi connectivity index (χ1) is 7.66. The van der Waals surface area contributed by atoms with Crippen LogP contribution in [0.5, 0.6) is 0 Å². The quantitative estimate of drug-likeness (QED) is 0.812. The number of anilines is 1. The molecule has 1 saturated carbocycles. The average molecular weight is 229 g/mol. The highest BCUT2D eigenvalue weighted by atomic mass is 19.1. The normalized spacial score (nSPS) is 17.4. The molecule has 1 nitrogen and oxygen atoms in total. The molecule has 1 fully saturated rings. The van der Waals surface area contributed by atoms with Gasteiger partial charge < -0.3 is 5.32 Å². The minimum absolute atomic E-state index is 0.100. The molecule has 0 spiro atoms. The third-order valence-corrected chi connectivity index (χ3v) is 2.96. The van der Waals surface area contributed by atoms with Crippen molar-refractivity contribution in [2.24, 2.45) is 0 Å². The van der Waals surface area contributed by atoms with Gasteiger partial charge in [0.05, 0.1) is 0 Å². The molecule has 88 valence electrons. The van der Waals surface area contributed by atoms with Crippen LogP contribution in [-0.2, 0) is 0 Å². The van der Waals surface area contributed by atoms with Gasteiger partial charge in [0, 0.05) is 18.2 Å². The number of hydrogen-bond donors (Lipinski definition) is 1. The van der Waals surface area contributed by atoms with E-state index in [-0.39, 0.29) is 11.7 Å². The van der Waals surface area contributed by atoms with Crippen molar-refractivity contribution in [3.05, 3.63) is 29.6 Å². The summed E-state index contributed by atoms with van der Waals surface area (Å²) in [7, 11) is 0. The molecule has 2 rings (SSSR count). The molecule has 1 aromatic rings. The SMILES string of the molecule is Fc1cc(F)c(NC2CCCCC2)c(F)c1. The molecule has 1 N–H and O–H groups in total. The molecule has 0 aliphatic heterocycles. The molecule has 0 radical (unpaired) electrons. The molecule has 0 heterocycles. The smallest absolute Gasteiger partial charge is 0.152 e. The van der Waals surface area contributed by atoms with Crippen LogP contribution in [0.25, 0.3) is 0 Å². The predicted molar refractivity (Wildman–Crippen MR) is 56.8 cm³/mol. The second-order valence-electron chi connectivity index (χ2n) is 4.22. The molecule has 1 aromatic carbocycles. The standard InChI is InChI=1S/C12H14F3N/c13-8-6-10(14)12(11(15)7-8)16-9-4-2-1-3-5-9/h6-7,9,16H,1-5H2. The van der Waals surface area contributed by atoms with Crippen molar-refractivity contribution in [1.82, 2.24) is 0 Å². The van der Waals surface area contributed by atoms with Crippen LogP contribution in [0.3, 0.4) is 0 Å². The molecule has 16 heavy (non-hydrogen) atoms. The maximum absolute atomic E-state index is 13.3. The molecule has 1 aliphatic carbocycles. The lowest BCUT2D eigenvalue weighted by molar-refractivity contribution is 0.456. The zero-order valence-corrected chi connectivity index (χ0v) is 8.90. The van der Waals surface area contributed by atoms with Gasteiger partial charge in [-0.25, -0.2) is 13.2 Å². The molecule has 0 bridgehead atoms. The Bertz CT molecular complexity index is 350. The Morgan fingerprint density at radius 2 is 1.50 bits per heavy atom. The predicted octanol–water partition coefficient (Wildman–Crippen LogP) is 3.85. The van der Waals surface area contributed by atoms with E-state index in [0.29, 0.717) is 12.1 Å². The van der Waals surface area contributed by atoms with E-state index >= 15 is 0 Å². The first-order valence-electron chi connectivity index (χ1n) is 5.58. The molecule has 0 saturated heterocycles. The maximum atomic E-state index is 13.3. The lowest BCUT2D eigenvalue weighted by Crippen LogP contribution is -2.23. The Morgan fingerprint density at radius 1 is 0.938 bits per heavy atom. The summed E-state index contributed by atoms with van der Waals surface area (Å²) in [4.78, 5) is 0. The van der Waals surface area contributed by atoms with Gasteiger partial charge in [-0.15, -0.1) is 0 Å². The molecular formula is C12H14F3N. The van der Waals surface area contributed by atoms with E-state index in [4.69, 9.17) is 0 Å². The fourth-order valence-electron chi connectivity index (χ4n) is 2.13. The summed E-state index contributed by atoms with van der Waals surface area (Å²) in [6, 6.07) is 1.51. The van der Waals surface area contributed by atoms with Gasteiger partial charge in [-0.1, -0.05) is 19.3 Å². The van der Waals surface area contributed by atoms with Gasteiger partial charge in [0.25, 0.3) is 0 Å². The molecule has 1 aliphatic rings. The van der Waals surface area contributed by atoms with Gasteiger partial charge in [0.1, 0.15) is 11.5 Å². The fraction of sp³-hybridized carbons (Fsp3) is 0.500. The van der Waals surface area contributed by atoms with Gasteiger partial charge in [-0.2, -0.15) is 0 Å². The Labute approximate surface area is 92.7 Å². The summed E-state index contributed by atoms with van der Waals surface area (Å²) in [6.07, 6.45) is 5.14. The lowest BCUT2D eigenvalue weighted by Gasteiger charge is -2.24. The second kappa shape index (κ2) is 4.76. The number of halogens is 3. The van der Waals surface area contributed by atoms with E-state index in [1.54, 1.807) is 0 Å². The molecular weight excluding hydrogens is 215 g/mol. The minimum atomic E-state index is -0.885. The zero-order chi connectivity index (χ0) is 11.5. The minimum Gasteiger partial charge on any atom is -0.378 e. The summed E-state index contributed by atoms with van der Waals surface area (Å²) < 4.78 is 39.3. The lowest BCUT2D eigenvalue weighted by atomic mass is 9.95. The maximum Gasteiger partial charge on any atom is 0.152 e. The largest absolute Gasteiger partial charge is 0.378 e. The second-order valence-corrected chi connectivity index (χ2v) is 4.22. The number of hydrogen-bond acceptors (Lipinski definition) is 1. The van der Waals surface area contributed by atoms with Crippen molar-refractivity contribution in [3.8, 4) is 0 Å². The van der Waals surface area contributed by atoms with Gasteiger partial charge in [0.2, 0.25) is 0 Å². The molecule has 0 atom stereocenters. The highest BCUT2D eigenvalue weighted by Crippen LogP contribution is 2.25. The summed E-state index contributed by atoms with van der Waals surface area (Å²) in [5, 5.41) is 2.83. The number of nitrogens with one attached hydrogen (secondary N) is 1. The van der Waals surface area contributed by atoms with Crippen molar-refractivity contribution in [2.75, 3.05) is 5.32 Å².